The number of anilines is 3. The highest BCUT2D eigenvalue weighted by atomic mass is 16.6. The molecule has 5 rings (SSSR count). The van der Waals surface area contributed by atoms with Gasteiger partial charge in [0.05, 0.1) is 15.5 Å². The Morgan fingerprint density at radius 1 is 0.545 bits per heavy atom. The van der Waals surface area contributed by atoms with Crippen molar-refractivity contribution in [1.29, 1.82) is 0 Å². The third kappa shape index (κ3) is 3.61. The molecular weight excluding hydrogens is 418 g/mol. The number of nitro groups is 2. The molecule has 0 heterocycles. The zero-order valence-electron chi connectivity index (χ0n) is 17.3. The number of non-ortho nitro benzene ring substituents is 2. The third-order valence-electron chi connectivity index (χ3n) is 5.57. The minimum atomic E-state index is -0.442. The number of hydrogen-bond acceptors (Lipinski definition) is 5. The molecule has 0 aliphatic heterocycles. The van der Waals surface area contributed by atoms with Gasteiger partial charge < -0.3 is 4.90 Å². The maximum absolute atomic E-state index is 11.4. The second-order valence-corrected chi connectivity index (χ2v) is 7.56. The molecule has 0 N–H and O–H groups in total. The van der Waals surface area contributed by atoms with Crippen molar-refractivity contribution in [2.75, 3.05) is 4.90 Å². The van der Waals surface area contributed by atoms with Gasteiger partial charge in [0.15, 0.2) is 0 Å². The molecule has 7 heteroatoms. The summed E-state index contributed by atoms with van der Waals surface area (Å²) in [5, 5.41) is 25.7. The topological polar surface area (TPSA) is 89.5 Å². The van der Waals surface area contributed by atoms with Gasteiger partial charge in [0.25, 0.3) is 11.4 Å². The van der Waals surface area contributed by atoms with E-state index in [0.717, 1.165) is 27.8 Å². The lowest BCUT2D eigenvalue weighted by Crippen LogP contribution is -2.11. The lowest BCUT2D eigenvalue weighted by atomic mass is 9.98. The zero-order chi connectivity index (χ0) is 22.9. The molecule has 0 aliphatic carbocycles. The number of para-hydroxylation sites is 2. The Morgan fingerprint density at radius 2 is 0.970 bits per heavy atom. The first kappa shape index (κ1) is 20.1. The predicted molar refractivity (Wildman–Crippen MR) is 129 cm³/mol. The summed E-state index contributed by atoms with van der Waals surface area (Å²) in [4.78, 5) is 24.0. The second-order valence-electron chi connectivity index (χ2n) is 7.56. The largest absolute Gasteiger partial charge is 0.309 e. The van der Waals surface area contributed by atoms with Crippen molar-refractivity contribution in [3.8, 4) is 0 Å². The Labute approximate surface area is 188 Å². The van der Waals surface area contributed by atoms with Crippen LogP contribution in [0.25, 0.3) is 21.5 Å². The lowest BCUT2D eigenvalue weighted by molar-refractivity contribution is -0.384. The van der Waals surface area contributed by atoms with Gasteiger partial charge in [-0.1, -0.05) is 36.4 Å². The van der Waals surface area contributed by atoms with Crippen LogP contribution in [0.2, 0.25) is 0 Å². The van der Waals surface area contributed by atoms with Crippen molar-refractivity contribution >= 4 is 50.0 Å². The van der Waals surface area contributed by atoms with Gasteiger partial charge in [-0.25, -0.2) is 0 Å². The van der Waals surface area contributed by atoms with Crippen LogP contribution in [-0.2, 0) is 0 Å². The molecule has 5 aromatic carbocycles. The van der Waals surface area contributed by atoms with E-state index in [1.165, 1.54) is 24.3 Å². The molecule has 0 fully saturated rings. The maximum atomic E-state index is 11.4. The van der Waals surface area contributed by atoms with Gasteiger partial charge in [0.2, 0.25) is 0 Å². The van der Waals surface area contributed by atoms with Crippen LogP contribution in [0, 0.1) is 20.2 Å². The molecule has 0 saturated heterocycles. The van der Waals surface area contributed by atoms with Crippen LogP contribution in [0.5, 0.6) is 0 Å². The average Bonchev–Trinajstić information content (AvgIpc) is 2.84. The summed E-state index contributed by atoms with van der Waals surface area (Å²) < 4.78 is 0. The van der Waals surface area contributed by atoms with Crippen molar-refractivity contribution in [2.24, 2.45) is 0 Å². The molecule has 0 radical (unpaired) electrons. The number of nitro benzene ring substituents is 2. The summed E-state index contributed by atoms with van der Waals surface area (Å²) in [6.07, 6.45) is 0. The van der Waals surface area contributed by atoms with Gasteiger partial charge >= 0.3 is 0 Å². The van der Waals surface area contributed by atoms with Crippen LogP contribution in [-0.4, -0.2) is 9.85 Å². The summed E-state index contributed by atoms with van der Waals surface area (Å²) in [5.74, 6) is 0. The van der Waals surface area contributed by atoms with Crippen molar-refractivity contribution < 1.29 is 9.85 Å². The fraction of sp³-hybridized carbons (Fsp3) is 0. The van der Waals surface area contributed by atoms with Gasteiger partial charge in [-0.05, 0) is 53.2 Å². The number of benzene rings is 5. The molecule has 0 aromatic heterocycles. The summed E-state index contributed by atoms with van der Waals surface area (Å²) in [6, 6.07) is 30.8. The van der Waals surface area contributed by atoms with E-state index >= 15 is 0 Å². The fourth-order valence-electron chi connectivity index (χ4n) is 4.11. The molecule has 0 atom stereocenters. The van der Waals surface area contributed by atoms with Crippen molar-refractivity contribution in [1.82, 2.24) is 0 Å². The van der Waals surface area contributed by atoms with Crippen LogP contribution in [0.15, 0.2) is 103 Å². The molecule has 0 amide bonds. The van der Waals surface area contributed by atoms with Crippen LogP contribution < -0.4 is 4.90 Å². The smallest absolute Gasteiger partial charge is 0.270 e. The standard InChI is InChI=1S/C26H17N3O4/c30-28(31)22-11-13-24-18(16-22)15-19-17-23(29(32)33)12-14-25(19)26(24)27(20-7-3-1-4-8-20)21-9-5-2-6-10-21/h1-17H. The number of fused-ring (bicyclic) bond motifs is 2. The van der Waals surface area contributed by atoms with Crippen molar-refractivity contribution in [3.05, 3.63) is 123 Å². The summed E-state index contributed by atoms with van der Waals surface area (Å²) >= 11 is 0. The summed E-state index contributed by atoms with van der Waals surface area (Å²) in [7, 11) is 0. The van der Waals surface area contributed by atoms with Crippen LogP contribution in [0.1, 0.15) is 0 Å². The zero-order valence-corrected chi connectivity index (χ0v) is 17.3. The Bertz CT molecular complexity index is 1410. The molecule has 0 aliphatic rings. The molecule has 0 unspecified atom stereocenters. The molecule has 33 heavy (non-hydrogen) atoms. The average molecular weight is 435 g/mol. The second kappa shape index (κ2) is 8.05. The van der Waals surface area contributed by atoms with E-state index < -0.39 is 9.85 Å². The third-order valence-corrected chi connectivity index (χ3v) is 5.57. The molecule has 0 bridgehead atoms. The van der Waals surface area contributed by atoms with Gasteiger partial charge in [0.1, 0.15) is 0 Å². The highest BCUT2D eigenvalue weighted by Gasteiger charge is 2.21. The molecule has 7 nitrogen and oxygen atoms in total. The van der Waals surface area contributed by atoms with E-state index in [0.29, 0.717) is 10.8 Å². The molecular formula is C26H17N3O4. The van der Waals surface area contributed by atoms with E-state index in [9.17, 15) is 20.2 Å². The summed E-state index contributed by atoms with van der Waals surface area (Å²) in [6.45, 7) is 0. The van der Waals surface area contributed by atoms with Gasteiger partial charge in [-0.3, -0.25) is 20.2 Å². The lowest BCUT2D eigenvalue weighted by Gasteiger charge is -2.28. The number of rotatable bonds is 5. The van der Waals surface area contributed by atoms with Crippen LogP contribution in [0.3, 0.4) is 0 Å². The first-order valence-corrected chi connectivity index (χ1v) is 10.2. The minimum Gasteiger partial charge on any atom is -0.309 e. The quantitative estimate of drug-likeness (QED) is 0.164. The van der Waals surface area contributed by atoms with E-state index in [-0.39, 0.29) is 11.4 Å². The predicted octanol–water partition coefficient (Wildman–Crippen LogP) is 7.28. The fourth-order valence-corrected chi connectivity index (χ4v) is 4.11. The van der Waals surface area contributed by atoms with Gasteiger partial charge in [-0.2, -0.15) is 0 Å². The Balaban J connectivity index is 1.92. The van der Waals surface area contributed by atoms with E-state index in [1.54, 1.807) is 18.2 Å². The molecule has 5 aromatic rings. The molecule has 0 saturated carbocycles. The highest BCUT2D eigenvalue weighted by molar-refractivity contribution is 6.14. The van der Waals surface area contributed by atoms with Crippen LogP contribution >= 0.6 is 0 Å². The minimum absolute atomic E-state index is 0.0378. The van der Waals surface area contributed by atoms with Crippen molar-refractivity contribution in [3.63, 3.8) is 0 Å². The number of hydrogen-bond donors (Lipinski definition) is 0. The van der Waals surface area contributed by atoms with Gasteiger partial charge in [-0.15, -0.1) is 0 Å². The first-order chi connectivity index (χ1) is 16.0. The molecule has 160 valence electrons. The Morgan fingerprint density at radius 3 is 1.36 bits per heavy atom. The Hall–Kier alpha value is -4.78. The molecule has 0 spiro atoms. The van der Waals surface area contributed by atoms with E-state index in [1.807, 2.05) is 60.7 Å². The highest BCUT2D eigenvalue weighted by Crippen LogP contribution is 2.44. The normalized spacial score (nSPS) is 10.9. The Kier molecular flexibility index (Phi) is 4.91. The van der Waals surface area contributed by atoms with Crippen LogP contribution in [0.4, 0.5) is 28.4 Å². The number of nitrogens with zero attached hydrogens (tertiary/aromatic N) is 3. The van der Waals surface area contributed by atoms with Crippen molar-refractivity contribution in [2.45, 2.75) is 0 Å². The first-order valence-electron chi connectivity index (χ1n) is 10.2. The summed E-state index contributed by atoms with van der Waals surface area (Å²) in [5.41, 5.74) is 2.52. The SMILES string of the molecule is O=[N+]([O-])c1ccc2c(N(c3ccccc3)c3ccccc3)c3ccc([N+](=O)[O-])cc3cc2c1. The van der Waals surface area contributed by atoms with E-state index in [2.05, 4.69) is 4.90 Å². The monoisotopic (exact) mass is 435 g/mol. The van der Waals surface area contributed by atoms with E-state index in [4.69, 9.17) is 0 Å². The maximum Gasteiger partial charge on any atom is 0.270 e. The van der Waals surface area contributed by atoms with Gasteiger partial charge in [0, 0.05) is 46.4 Å².